The summed E-state index contributed by atoms with van der Waals surface area (Å²) in [6.07, 6.45) is 0.962. The van der Waals surface area contributed by atoms with Gasteiger partial charge in [0, 0.05) is 12.2 Å². The van der Waals surface area contributed by atoms with E-state index in [2.05, 4.69) is 32.5 Å². The third-order valence-corrected chi connectivity index (χ3v) is 4.17. The first kappa shape index (κ1) is 15.3. The second-order valence-corrected chi connectivity index (χ2v) is 5.74. The summed E-state index contributed by atoms with van der Waals surface area (Å²) >= 11 is 0. The molecule has 2 aromatic carbocycles. The van der Waals surface area contributed by atoms with Gasteiger partial charge in [-0.15, -0.1) is 10.2 Å². The van der Waals surface area contributed by atoms with Gasteiger partial charge in [-0.25, -0.2) is 4.39 Å². The Morgan fingerprint density at radius 3 is 2.60 bits per heavy atom. The third kappa shape index (κ3) is 2.94. The molecule has 0 bridgehead atoms. The number of carbonyl (C=O) groups excluding carboxylic acids is 1. The van der Waals surface area contributed by atoms with Crippen molar-refractivity contribution in [3.8, 4) is 0 Å². The molecular weight excluding hydrogens is 319 g/mol. The normalized spacial score (nSPS) is 12.8. The fraction of sp³-hybridized carbons (Fsp3) is 0.105. The summed E-state index contributed by atoms with van der Waals surface area (Å²) in [5.41, 5.74) is 2.38. The van der Waals surface area contributed by atoms with Crippen LogP contribution < -0.4 is 10.2 Å². The molecule has 2 heterocycles. The monoisotopic (exact) mass is 334 g/mol. The number of aromatic nitrogens is 2. The standard InChI is InChI=1S/C19H15FN4O/c20-15-7-3-2-6-14(15)19(25)21-17-9-10-18(23-22-17)24-12-11-13-5-1-4-8-16(13)24/h1-10H,11-12H2,(H,21,22,25). The number of nitrogens with one attached hydrogen (secondary N) is 1. The van der Waals surface area contributed by atoms with Crippen molar-refractivity contribution in [1.82, 2.24) is 10.2 Å². The van der Waals surface area contributed by atoms with Crippen LogP contribution >= 0.6 is 0 Å². The minimum atomic E-state index is -0.571. The summed E-state index contributed by atoms with van der Waals surface area (Å²) in [4.78, 5) is 14.2. The van der Waals surface area contributed by atoms with Gasteiger partial charge in [0.1, 0.15) is 5.82 Å². The van der Waals surface area contributed by atoms with Crippen molar-refractivity contribution in [2.45, 2.75) is 6.42 Å². The molecule has 5 nitrogen and oxygen atoms in total. The molecule has 3 aromatic rings. The first-order valence-corrected chi connectivity index (χ1v) is 7.97. The average Bonchev–Trinajstić information content (AvgIpc) is 3.07. The topological polar surface area (TPSA) is 58.1 Å². The van der Waals surface area contributed by atoms with Crippen LogP contribution in [0.5, 0.6) is 0 Å². The summed E-state index contributed by atoms with van der Waals surface area (Å²) in [5, 5.41) is 10.8. The van der Waals surface area contributed by atoms with Crippen molar-refractivity contribution in [3.63, 3.8) is 0 Å². The molecule has 0 radical (unpaired) electrons. The molecule has 0 saturated carbocycles. The highest BCUT2D eigenvalue weighted by molar-refractivity contribution is 6.03. The molecule has 1 aliphatic rings. The smallest absolute Gasteiger partial charge is 0.259 e. The molecule has 1 amide bonds. The quantitative estimate of drug-likeness (QED) is 0.796. The lowest BCUT2D eigenvalue weighted by atomic mass is 10.2. The number of fused-ring (bicyclic) bond motifs is 1. The number of halogens is 1. The maximum Gasteiger partial charge on any atom is 0.259 e. The number of hydrogen-bond acceptors (Lipinski definition) is 4. The molecule has 1 N–H and O–H groups in total. The van der Waals surface area contributed by atoms with Crippen LogP contribution in [0.1, 0.15) is 15.9 Å². The minimum Gasteiger partial charge on any atom is -0.324 e. The predicted molar refractivity (Wildman–Crippen MR) is 93.5 cm³/mol. The van der Waals surface area contributed by atoms with E-state index in [1.807, 2.05) is 12.1 Å². The van der Waals surface area contributed by atoms with Gasteiger partial charge >= 0.3 is 0 Å². The van der Waals surface area contributed by atoms with E-state index in [9.17, 15) is 9.18 Å². The van der Waals surface area contributed by atoms with Crippen LogP contribution in [0.4, 0.5) is 21.7 Å². The van der Waals surface area contributed by atoms with Crippen LogP contribution in [0.15, 0.2) is 60.7 Å². The van der Waals surface area contributed by atoms with Crippen LogP contribution in [-0.2, 0) is 6.42 Å². The van der Waals surface area contributed by atoms with E-state index in [0.29, 0.717) is 5.82 Å². The maximum atomic E-state index is 13.6. The highest BCUT2D eigenvalue weighted by atomic mass is 19.1. The molecule has 0 atom stereocenters. The number of rotatable bonds is 3. The molecule has 1 aliphatic heterocycles. The lowest BCUT2D eigenvalue weighted by molar-refractivity contribution is 0.102. The first-order chi connectivity index (χ1) is 12.2. The van der Waals surface area contributed by atoms with Gasteiger partial charge in [0.15, 0.2) is 11.6 Å². The number of carbonyl (C=O) groups is 1. The molecule has 0 spiro atoms. The summed E-state index contributed by atoms with van der Waals surface area (Å²) < 4.78 is 13.6. The molecule has 1 aromatic heterocycles. The Labute approximate surface area is 144 Å². The van der Waals surface area contributed by atoms with Gasteiger partial charge < -0.3 is 10.2 Å². The maximum absolute atomic E-state index is 13.6. The third-order valence-electron chi connectivity index (χ3n) is 4.17. The number of amides is 1. The van der Waals surface area contributed by atoms with E-state index < -0.39 is 11.7 Å². The zero-order valence-corrected chi connectivity index (χ0v) is 13.3. The Morgan fingerprint density at radius 2 is 1.80 bits per heavy atom. The average molecular weight is 334 g/mol. The van der Waals surface area contributed by atoms with Crippen LogP contribution in [0, 0.1) is 5.82 Å². The van der Waals surface area contributed by atoms with Gasteiger partial charge in [-0.05, 0) is 42.3 Å². The summed E-state index contributed by atoms with van der Waals surface area (Å²) in [7, 11) is 0. The lowest BCUT2D eigenvalue weighted by Gasteiger charge is -2.17. The van der Waals surface area contributed by atoms with Gasteiger partial charge in [-0.3, -0.25) is 4.79 Å². The van der Waals surface area contributed by atoms with Crippen LogP contribution in [0.2, 0.25) is 0 Å². The summed E-state index contributed by atoms with van der Waals surface area (Å²) in [6.45, 7) is 0.842. The number of benzene rings is 2. The molecule has 0 saturated heterocycles. The zero-order chi connectivity index (χ0) is 17.2. The van der Waals surface area contributed by atoms with Crippen LogP contribution in [0.3, 0.4) is 0 Å². The molecular formula is C19H15FN4O. The number of para-hydroxylation sites is 1. The summed E-state index contributed by atoms with van der Waals surface area (Å²) in [5.74, 6) is -0.122. The van der Waals surface area contributed by atoms with E-state index in [0.717, 1.165) is 18.7 Å². The fourth-order valence-corrected chi connectivity index (χ4v) is 2.94. The SMILES string of the molecule is O=C(Nc1ccc(N2CCc3ccccc32)nn1)c1ccccc1F. The Bertz CT molecular complexity index is 927. The predicted octanol–water partition coefficient (Wildman–Crippen LogP) is 3.56. The largest absolute Gasteiger partial charge is 0.324 e. The second kappa shape index (κ2) is 6.32. The van der Waals surface area contributed by atoms with Crippen molar-refractivity contribution < 1.29 is 9.18 Å². The van der Waals surface area contributed by atoms with Crippen LogP contribution in [-0.4, -0.2) is 22.6 Å². The molecule has 6 heteroatoms. The highest BCUT2D eigenvalue weighted by Crippen LogP contribution is 2.32. The highest BCUT2D eigenvalue weighted by Gasteiger charge is 2.21. The van der Waals surface area contributed by atoms with Crippen molar-refractivity contribution in [2.24, 2.45) is 0 Å². The Kier molecular flexibility index (Phi) is 3.85. The summed E-state index contributed by atoms with van der Waals surface area (Å²) in [6, 6.07) is 17.5. The van der Waals surface area contributed by atoms with Crippen molar-refractivity contribution in [2.75, 3.05) is 16.8 Å². The van der Waals surface area contributed by atoms with Gasteiger partial charge in [-0.1, -0.05) is 30.3 Å². The molecule has 0 fully saturated rings. The van der Waals surface area contributed by atoms with Crippen molar-refractivity contribution in [3.05, 3.63) is 77.6 Å². The molecule has 124 valence electrons. The van der Waals surface area contributed by atoms with Crippen molar-refractivity contribution >= 4 is 23.2 Å². The Morgan fingerprint density at radius 1 is 1.00 bits per heavy atom. The Balaban J connectivity index is 1.52. The molecule has 0 aliphatic carbocycles. The van der Waals surface area contributed by atoms with E-state index in [-0.39, 0.29) is 11.4 Å². The fourth-order valence-electron chi connectivity index (χ4n) is 2.94. The molecule has 0 unspecified atom stereocenters. The second-order valence-electron chi connectivity index (χ2n) is 5.74. The van der Waals surface area contributed by atoms with E-state index >= 15 is 0 Å². The Hall–Kier alpha value is -3.28. The van der Waals surface area contributed by atoms with E-state index in [1.54, 1.807) is 18.2 Å². The number of hydrogen-bond donors (Lipinski definition) is 1. The molecule has 4 rings (SSSR count). The van der Waals surface area contributed by atoms with E-state index in [4.69, 9.17) is 0 Å². The van der Waals surface area contributed by atoms with Gasteiger partial charge in [0.2, 0.25) is 0 Å². The zero-order valence-electron chi connectivity index (χ0n) is 13.3. The van der Waals surface area contributed by atoms with Gasteiger partial charge in [0.05, 0.1) is 5.56 Å². The first-order valence-electron chi connectivity index (χ1n) is 7.97. The number of anilines is 3. The van der Waals surface area contributed by atoms with Gasteiger partial charge in [-0.2, -0.15) is 0 Å². The van der Waals surface area contributed by atoms with E-state index in [1.165, 1.54) is 23.8 Å². The molecule has 25 heavy (non-hydrogen) atoms. The van der Waals surface area contributed by atoms with Crippen LogP contribution in [0.25, 0.3) is 0 Å². The van der Waals surface area contributed by atoms with Crippen molar-refractivity contribution in [1.29, 1.82) is 0 Å². The lowest BCUT2D eigenvalue weighted by Crippen LogP contribution is -2.17. The number of nitrogens with zero attached hydrogens (tertiary/aromatic N) is 3. The van der Waals surface area contributed by atoms with Gasteiger partial charge in [0.25, 0.3) is 5.91 Å². The minimum absolute atomic E-state index is 0.0261.